The maximum Gasteiger partial charge on any atom is 0.0382 e. The predicted octanol–water partition coefficient (Wildman–Crippen LogP) is 1.99. The van der Waals surface area contributed by atoms with Crippen molar-refractivity contribution < 1.29 is 0 Å². The first-order valence-electron chi connectivity index (χ1n) is 6.07. The minimum Gasteiger partial charge on any atom is -0.329 e. The highest BCUT2D eigenvalue weighted by Crippen LogP contribution is 2.49. The van der Waals surface area contributed by atoms with Gasteiger partial charge in [-0.15, -0.1) is 0 Å². The monoisotopic (exact) mass is 196 g/mol. The maximum absolute atomic E-state index is 6.08. The minimum atomic E-state index is 0.323. The number of nitrogens with zero attached hydrogens (tertiary/aromatic N) is 1. The first kappa shape index (κ1) is 10.4. The van der Waals surface area contributed by atoms with Crippen molar-refractivity contribution in [2.75, 3.05) is 19.6 Å². The van der Waals surface area contributed by atoms with Gasteiger partial charge < -0.3 is 5.73 Å². The van der Waals surface area contributed by atoms with E-state index in [1.54, 1.807) is 0 Å². The van der Waals surface area contributed by atoms with E-state index in [0.717, 1.165) is 6.54 Å². The van der Waals surface area contributed by atoms with E-state index in [2.05, 4.69) is 18.7 Å². The van der Waals surface area contributed by atoms with Crippen LogP contribution in [0, 0.1) is 5.41 Å². The van der Waals surface area contributed by atoms with Crippen molar-refractivity contribution in [2.24, 2.45) is 11.1 Å². The summed E-state index contributed by atoms with van der Waals surface area (Å²) >= 11 is 0. The lowest BCUT2D eigenvalue weighted by Gasteiger charge is -2.48. The van der Waals surface area contributed by atoms with Crippen LogP contribution in [0.1, 0.15) is 46.0 Å². The molecule has 1 aliphatic carbocycles. The SMILES string of the molecule is CC1(C)CCCC1(CN)N1CCCC1. The van der Waals surface area contributed by atoms with E-state index < -0.39 is 0 Å². The molecule has 2 aliphatic rings. The van der Waals surface area contributed by atoms with Crippen LogP contribution >= 0.6 is 0 Å². The predicted molar refractivity (Wildman–Crippen MR) is 60.2 cm³/mol. The molecule has 14 heavy (non-hydrogen) atoms. The molecule has 1 aliphatic heterocycles. The summed E-state index contributed by atoms with van der Waals surface area (Å²) in [5.41, 5.74) is 6.83. The van der Waals surface area contributed by atoms with Gasteiger partial charge in [0.2, 0.25) is 0 Å². The minimum absolute atomic E-state index is 0.323. The highest BCUT2D eigenvalue weighted by molar-refractivity contribution is 5.07. The molecule has 0 aromatic carbocycles. The number of hydrogen-bond acceptors (Lipinski definition) is 2. The molecule has 0 bridgehead atoms. The number of hydrogen-bond donors (Lipinski definition) is 1. The summed E-state index contributed by atoms with van der Waals surface area (Å²) in [6.07, 6.45) is 6.77. The van der Waals surface area contributed by atoms with Gasteiger partial charge in [-0.1, -0.05) is 20.3 Å². The Kier molecular flexibility index (Phi) is 2.61. The van der Waals surface area contributed by atoms with E-state index in [-0.39, 0.29) is 0 Å². The Balaban J connectivity index is 2.23. The lowest BCUT2D eigenvalue weighted by molar-refractivity contribution is 0.0318. The number of rotatable bonds is 2. The van der Waals surface area contributed by atoms with Crippen LogP contribution in [0.3, 0.4) is 0 Å². The Bertz CT molecular complexity index is 206. The zero-order valence-corrected chi connectivity index (χ0v) is 9.68. The Hall–Kier alpha value is -0.0800. The van der Waals surface area contributed by atoms with Gasteiger partial charge in [0.1, 0.15) is 0 Å². The molecule has 0 aromatic rings. The molecule has 82 valence electrons. The maximum atomic E-state index is 6.08. The largest absolute Gasteiger partial charge is 0.329 e. The van der Waals surface area contributed by atoms with Crippen molar-refractivity contribution in [3.8, 4) is 0 Å². The average molecular weight is 196 g/mol. The molecule has 2 rings (SSSR count). The van der Waals surface area contributed by atoms with Gasteiger partial charge in [0, 0.05) is 12.1 Å². The molecule has 2 N–H and O–H groups in total. The molecule has 0 amide bonds. The summed E-state index contributed by atoms with van der Waals surface area (Å²) in [6, 6.07) is 0. The van der Waals surface area contributed by atoms with E-state index in [0.29, 0.717) is 11.0 Å². The van der Waals surface area contributed by atoms with Gasteiger partial charge in [-0.3, -0.25) is 4.90 Å². The van der Waals surface area contributed by atoms with Gasteiger partial charge in [-0.2, -0.15) is 0 Å². The van der Waals surface area contributed by atoms with Gasteiger partial charge in [0.25, 0.3) is 0 Å². The lowest BCUT2D eigenvalue weighted by Crippen LogP contribution is -2.58. The topological polar surface area (TPSA) is 29.3 Å². The fourth-order valence-corrected chi connectivity index (χ4v) is 3.63. The van der Waals surface area contributed by atoms with E-state index in [1.807, 2.05) is 0 Å². The zero-order chi connectivity index (χ0) is 10.2. The fourth-order valence-electron chi connectivity index (χ4n) is 3.63. The van der Waals surface area contributed by atoms with Crippen molar-refractivity contribution in [3.63, 3.8) is 0 Å². The van der Waals surface area contributed by atoms with Crippen molar-refractivity contribution in [3.05, 3.63) is 0 Å². The van der Waals surface area contributed by atoms with Gasteiger partial charge >= 0.3 is 0 Å². The molecule has 0 radical (unpaired) electrons. The van der Waals surface area contributed by atoms with Crippen LogP contribution < -0.4 is 5.73 Å². The van der Waals surface area contributed by atoms with E-state index in [1.165, 1.54) is 45.2 Å². The smallest absolute Gasteiger partial charge is 0.0382 e. The molecular formula is C12H24N2. The van der Waals surface area contributed by atoms with Crippen molar-refractivity contribution in [2.45, 2.75) is 51.5 Å². The van der Waals surface area contributed by atoms with Gasteiger partial charge in [-0.05, 0) is 44.2 Å². The second kappa shape index (κ2) is 3.49. The molecule has 1 heterocycles. The summed E-state index contributed by atoms with van der Waals surface area (Å²) < 4.78 is 0. The molecule has 1 saturated heterocycles. The van der Waals surface area contributed by atoms with E-state index in [4.69, 9.17) is 5.73 Å². The molecule has 0 spiro atoms. The summed E-state index contributed by atoms with van der Waals surface area (Å²) in [5, 5.41) is 0. The van der Waals surface area contributed by atoms with E-state index >= 15 is 0 Å². The third-order valence-electron chi connectivity index (χ3n) is 4.70. The van der Waals surface area contributed by atoms with Crippen LogP contribution in [0.4, 0.5) is 0 Å². The quantitative estimate of drug-likeness (QED) is 0.732. The van der Waals surface area contributed by atoms with Crippen molar-refractivity contribution >= 4 is 0 Å². The fraction of sp³-hybridized carbons (Fsp3) is 1.00. The van der Waals surface area contributed by atoms with Gasteiger partial charge in [0.15, 0.2) is 0 Å². The number of nitrogens with two attached hydrogens (primary N) is 1. The van der Waals surface area contributed by atoms with Crippen molar-refractivity contribution in [1.82, 2.24) is 4.90 Å². The zero-order valence-electron chi connectivity index (χ0n) is 9.68. The second-order valence-corrected chi connectivity index (χ2v) is 5.67. The molecule has 1 saturated carbocycles. The normalized spacial score (nSPS) is 37.9. The molecular weight excluding hydrogens is 172 g/mol. The van der Waals surface area contributed by atoms with E-state index in [9.17, 15) is 0 Å². The van der Waals surface area contributed by atoms with Crippen LogP contribution in [-0.2, 0) is 0 Å². The van der Waals surface area contributed by atoms with Crippen LogP contribution in [0.25, 0.3) is 0 Å². The van der Waals surface area contributed by atoms with Crippen LogP contribution in [0.5, 0.6) is 0 Å². The molecule has 2 nitrogen and oxygen atoms in total. The van der Waals surface area contributed by atoms with Crippen LogP contribution in [0.2, 0.25) is 0 Å². The number of likely N-dealkylation sites (tertiary alicyclic amines) is 1. The molecule has 2 fully saturated rings. The van der Waals surface area contributed by atoms with Gasteiger partial charge in [-0.25, -0.2) is 0 Å². The third-order valence-corrected chi connectivity index (χ3v) is 4.70. The highest BCUT2D eigenvalue weighted by Gasteiger charge is 2.51. The summed E-state index contributed by atoms with van der Waals surface area (Å²) in [6.45, 7) is 8.22. The first-order valence-corrected chi connectivity index (χ1v) is 6.07. The Morgan fingerprint density at radius 3 is 2.14 bits per heavy atom. The molecule has 2 heteroatoms. The first-order chi connectivity index (χ1) is 6.62. The molecule has 1 unspecified atom stereocenters. The van der Waals surface area contributed by atoms with Crippen molar-refractivity contribution in [1.29, 1.82) is 0 Å². The van der Waals surface area contributed by atoms with Crippen LogP contribution in [0.15, 0.2) is 0 Å². The average Bonchev–Trinajstić information content (AvgIpc) is 2.72. The summed E-state index contributed by atoms with van der Waals surface area (Å²) in [5.74, 6) is 0. The Labute approximate surface area is 87.8 Å². The van der Waals surface area contributed by atoms with Crippen LogP contribution in [-0.4, -0.2) is 30.1 Å². The highest BCUT2D eigenvalue weighted by atomic mass is 15.2. The van der Waals surface area contributed by atoms with Gasteiger partial charge in [0.05, 0.1) is 0 Å². The lowest BCUT2D eigenvalue weighted by atomic mass is 9.74. The third kappa shape index (κ3) is 1.31. The summed E-state index contributed by atoms with van der Waals surface area (Å²) in [4.78, 5) is 2.68. The Morgan fingerprint density at radius 2 is 1.71 bits per heavy atom. The summed E-state index contributed by atoms with van der Waals surface area (Å²) in [7, 11) is 0. The Morgan fingerprint density at radius 1 is 1.07 bits per heavy atom. The molecule has 1 atom stereocenters. The standard InChI is InChI=1S/C12H24N2/c1-11(2)6-5-7-12(11,10-13)14-8-3-4-9-14/h3-10,13H2,1-2H3. The second-order valence-electron chi connectivity index (χ2n) is 5.67. The molecule has 0 aromatic heterocycles.